The number of nitrogens with zero attached hydrogens (tertiary/aromatic N) is 2. The summed E-state index contributed by atoms with van der Waals surface area (Å²) in [7, 11) is -1.79. The summed E-state index contributed by atoms with van der Waals surface area (Å²) in [5, 5.41) is 0. The summed E-state index contributed by atoms with van der Waals surface area (Å²) in [4.78, 5) is 15.0. The smallest absolute Gasteiger partial charge is 0.243 e. The van der Waals surface area contributed by atoms with E-state index >= 15 is 0 Å². The SMILES string of the molecule is CN(CCCC1CC(c2cccc(F)c2)NN1)C(=O)C1CCCN(S(=O)(=O)c2ccccc2)C1. The molecule has 2 heterocycles. The third-order valence-electron chi connectivity index (χ3n) is 6.77. The Morgan fingerprint density at radius 1 is 1.15 bits per heavy atom. The Bertz CT molecular complexity index is 1080. The average molecular weight is 489 g/mol. The summed E-state index contributed by atoms with van der Waals surface area (Å²) in [5.74, 6) is -0.551. The van der Waals surface area contributed by atoms with Crippen LogP contribution < -0.4 is 10.9 Å². The van der Waals surface area contributed by atoms with Crippen molar-refractivity contribution < 1.29 is 17.6 Å². The number of rotatable bonds is 8. The number of piperidine rings is 1. The number of carbonyl (C=O) groups excluding carboxylic acids is 1. The molecule has 9 heteroatoms. The van der Waals surface area contributed by atoms with E-state index < -0.39 is 10.0 Å². The molecule has 2 aliphatic rings. The van der Waals surface area contributed by atoms with Gasteiger partial charge in [-0.1, -0.05) is 30.3 Å². The Morgan fingerprint density at radius 3 is 2.71 bits per heavy atom. The highest BCUT2D eigenvalue weighted by atomic mass is 32.2. The maximum absolute atomic E-state index is 13.5. The standard InChI is InChI=1S/C25H33FN4O3S/c1-29(14-7-11-22-17-24(28-27-22)19-8-5-10-21(26)16-19)25(31)20-9-6-15-30(18-20)34(32,33)23-12-3-2-4-13-23/h2-5,8,10,12-13,16,20,22,24,27-28H,6-7,9,11,14-15,17-18H2,1H3. The van der Waals surface area contributed by atoms with Crippen molar-refractivity contribution in [2.24, 2.45) is 5.92 Å². The molecule has 0 saturated carbocycles. The van der Waals surface area contributed by atoms with Crippen LogP contribution in [-0.2, 0) is 14.8 Å². The maximum atomic E-state index is 13.5. The second kappa shape index (κ2) is 10.9. The van der Waals surface area contributed by atoms with E-state index in [1.54, 1.807) is 54.4 Å². The molecule has 2 aliphatic heterocycles. The highest BCUT2D eigenvalue weighted by Crippen LogP contribution is 2.26. The van der Waals surface area contributed by atoms with Crippen LogP contribution in [0.2, 0.25) is 0 Å². The molecule has 0 bridgehead atoms. The van der Waals surface area contributed by atoms with Crippen molar-refractivity contribution in [1.29, 1.82) is 0 Å². The van der Waals surface area contributed by atoms with E-state index in [1.165, 1.54) is 10.4 Å². The normalized spacial score (nSPS) is 23.6. The molecule has 3 unspecified atom stereocenters. The maximum Gasteiger partial charge on any atom is 0.243 e. The summed E-state index contributed by atoms with van der Waals surface area (Å²) in [6.07, 6.45) is 3.95. The van der Waals surface area contributed by atoms with Gasteiger partial charge in [-0.15, -0.1) is 0 Å². The van der Waals surface area contributed by atoms with E-state index in [1.807, 2.05) is 6.07 Å². The van der Waals surface area contributed by atoms with Crippen molar-refractivity contribution >= 4 is 15.9 Å². The van der Waals surface area contributed by atoms with E-state index in [0.29, 0.717) is 25.9 Å². The molecular weight excluding hydrogens is 455 g/mol. The Kier molecular flexibility index (Phi) is 7.98. The Hall–Kier alpha value is -2.33. The van der Waals surface area contributed by atoms with Crippen LogP contribution in [0.15, 0.2) is 59.5 Å². The van der Waals surface area contributed by atoms with Gasteiger partial charge in [-0.3, -0.25) is 15.6 Å². The predicted molar refractivity (Wildman–Crippen MR) is 129 cm³/mol. The third kappa shape index (κ3) is 5.83. The number of halogens is 1. The van der Waals surface area contributed by atoms with Gasteiger partial charge in [0.15, 0.2) is 0 Å². The average Bonchev–Trinajstić information content (AvgIpc) is 3.33. The first kappa shape index (κ1) is 24.8. The molecular formula is C25H33FN4O3S. The van der Waals surface area contributed by atoms with Crippen molar-refractivity contribution in [1.82, 2.24) is 20.1 Å². The minimum absolute atomic E-state index is 0.00288. The molecule has 0 radical (unpaired) electrons. The van der Waals surface area contributed by atoms with Gasteiger partial charge < -0.3 is 4.90 Å². The summed E-state index contributed by atoms with van der Waals surface area (Å²) in [6, 6.07) is 15.4. The fourth-order valence-corrected chi connectivity index (χ4v) is 6.40. The van der Waals surface area contributed by atoms with E-state index in [4.69, 9.17) is 0 Å². The number of sulfonamides is 1. The predicted octanol–water partition coefficient (Wildman–Crippen LogP) is 3.07. The lowest BCUT2D eigenvalue weighted by atomic mass is 9.97. The van der Waals surface area contributed by atoms with Crippen molar-refractivity contribution in [3.05, 3.63) is 66.0 Å². The van der Waals surface area contributed by atoms with E-state index in [2.05, 4.69) is 10.9 Å². The molecule has 2 N–H and O–H groups in total. The van der Waals surface area contributed by atoms with Crippen molar-refractivity contribution in [3.8, 4) is 0 Å². The van der Waals surface area contributed by atoms with Gasteiger partial charge in [-0.25, -0.2) is 12.8 Å². The molecule has 0 spiro atoms. The first-order valence-corrected chi connectivity index (χ1v) is 13.4. The lowest BCUT2D eigenvalue weighted by Crippen LogP contribution is -2.46. The van der Waals surface area contributed by atoms with Crippen LogP contribution in [0.3, 0.4) is 0 Å². The molecule has 2 aromatic carbocycles. The fraction of sp³-hybridized carbons (Fsp3) is 0.480. The number of hydrazine groups is 1. The molecule has 0 aromatic heterocycles. The van der Waals surface area contributed by atoms with Gasteiger partial charge in [0, 0.05) is 38.8 Å². The van der Waals surface area contributed by atoms with Crippen LogP contribution in [-0.4, -0.2) is 56.3 Å². The minimum atomic E-state index is -3.59. The van der Waals surface area contributed by atoms with Crippen LogP contribution in [0.4, 0.5) is 4.39 Å². The van der Waals surface area contributed by atoms with Gasteiger partial charge in [-0.2, -0.15) is 4.31 Å². The summed E-state index contributed by atoms with van der Waals surface area (Å²) in [5.41, 5.74) is 7.44. The topological polar surface area (TPSA) is 81.8 Å². The largest absolute Gasteiger partial charge is 0.345 e. The molecule has 2 aromatic rings. The van der Waals surface area contributed by atoms with E-state index in [0.717, 1.165) is 24.8 Å². The summed E-state index contributed by atoms with van der Waals surface area (Å²) < 4.78 is 40.9. The fourth-order valence-electron chi connectivity index (χ4n) is 4.85. The molecule has 34 heavy (non-hydrogen) atoms. The van der Waals surface area contributed by atoms with Gasteiger partial charge in [-0.05, 0) is 61.9 Å². The zero-order valence-electron chi connectivity index (χ0n) is 19.5. The molecule has 7 nitrogen and oxygen atoms in total. The lowest BCUT2D eigenvalue weighted by Gasteiger charge is -2.33. The van der Waals surface area contributed by atoms with Gasteiger partial charge in [0.2, 0.25) is 15.9 Å². The molecule has 0 aliphatic carbocycles. The van der Waals surface area contributed by atoms with Gasteiger partial charge in [0.25, 0.3) is 0 Å². The molecule has 4 rings (SSSR count). The first-order valence-electron chi connectivity index (χ1n) is 11.9. The summed E-state index contributed by atoms with van der Waals surface area (Å²) in [6.45, 7) is 1.28. The number of nitrogens with one attached hydrogen (secondary N) is 2. The van der Waals surface area contributed by atoms with Crippen LogP contribution in [0.5, 0.6) is 0 Å². The number of hydrogen-bond donors (Lipinski definition) is 2. The second-order valence-electron chi connectivity index (χ2n) is 9.25. The molecule has 1 amide bonds. The minimum Gasteiger partial charge on any atom is -0.345 e. The Morgan fingerprint density at radius 2 is 1.94 bits per heavy atom. The summed E-state index contributed by atoms with van der Waals surface area (Å²) >= 11 is 0. The van der Waals surface area contributed by atoms with Crippen LogP contribution >= 0.6 is 0 Å². The van der Waals surface area contributed by atoms with Gasteiger partial charge in [0.1, 0.15) is 5.82 Å². The number of hydrogen-bond acceptors (Lipinski definition) is 5. The number of amides is 1. The van der Waals surface area contributed by atoms with Crippen molar-refractivity contribution in [3.63, 3.8) is 0 Å². The Balaban J connectivity index is 1.24. The molecule has 2 fully saturated rings. The molecule has 3 atom stereocenters. The monoisotopic (exact) mass is 488 g/mol. The van der Waals surface area contributed by atoms with E-state index in [-0.39, 0.29) is 41.2 Å². The number of carbonyl (C=O) groups is 1. The third-order valence-corrected chi connectivity index (χ3v) is 8.65. The first-order chi connectivity index (χ1) is 16.3. The zero-order valence-corrected chi connectivity index (χ0v) is 20.3. The number of benzene rings is 2. The highest BCUT2D eigenvalue weighted by Gasteiger charge is 2.34. The Labute approximate surface area is 201 Å². The van der Waals surface area contributed by atoms with Gasteiger partial charge >= 0.3 is 0 Å². The van der Waals surface area contributed by atoms with Gasteiger partial charge in [0.05, 0.1) is 10.8 Å². The molecule has 184 valence electrons. The highest BCUT2D eigenvalue weighted by molar-refractivity contribution is 7.89. The van der Waals surface area contributed by atoms with Crippen molar-refractivity contribution in [2.75, 3.05) is 26.7 Å². The van der Waals surface area contributed by atoms with Crippen LogP contribution in [0.25, 0.3) is 0 Å². The van der Waals surface area contributed by atoms with Crippen molar-refractivity contribution in [2.45, 2.75) is 49.1 Å². The zero-order chi connectivity index (χ0) is 24.1. The van der Waals surface area contributed by atoms with Crippen LogP contribution in [0.1, 0.15) is 43.7 Å². The van der Waals surface area contributed by atoms with E-state index in [9.17, 15) is 17.6 Å². The quantitative estimate of drug-likeness (QED) is 0.597. The second-order valence-corrected chi connectivity index (χ2v) is 11.2. The lowest BCUT2D eigenvalue weighted by molar-refractivity contribution is -0.135. The molecule has 2 saturated heterocycles. The van der Waals surface area contributed by atoms with Crippen LogP contribution in [0, 0.1) is 11.7 Å².